The lowest BCUT2D eigenvalue weighted by Gasteiger charge is -2.22. The Morgan fingerprint density at radius 3 is 2.49 bits per heavy atom. The fourth-order valence-electron chi connectivity index (χ4n) is 3.82. The summed E-state index contributed by atoms with van der Waals surface area (Å²) in [6.45, 7) is 2.92. The standard InChI is InChI=1S/C23H25FN6O5/c1-28(2)23(33)19(31)16-17-21(35-27-16)26-20(34-3)18(25-17)22(32)30-10-4-9-29(11-12-30)13-14-5-7-15(24)8-6-14/h5-8H,4,9-13H2,1-3H3. The quantitative estimate of drug-likeness (QED) is 0.377. The molecule has 0 radical (unpaired) electrons. The van der Waals surface area contributed by atoms with E-state index < -0.39 is 17.6 Å². The number of benzene rings is 1. The summed E-state index contributed by atoms with van der Waals surface area (Å²) in [6, 6.07) is 6.36. The van der Waals surface area contributed by atoms with Gasteiger partial charge in [-0.2, -0.15) is 4.98 Å². The molecular formula is C23H25FN6O5. The van der Waals surface area contributed by atoms with E-state index in [9.17, 15) is 18.8 Å². The highest BCUT2D eigenvalue weighted by atomic mass is 19.1. The Morgan fingerprint density at radius 1 is 1.06 bits per heavy atom. The number of ketones is 1. The molecule has 0 spiro atoms. The van der Waals surface area contributed by atoms with E-state index in [1.165, 1.54) is 33.3 Å². The minimum absolute atomic E-state index is 0.0657. The minimum Gasteiger partial charge on any atom is -0.479 e. The van der Waals surface area contributed by atoms with Gasteiger partial charge in [0.15, 0.2) is 16.9 Å². The number of amides is 2. The molecule has 2 amide bonds. The van der Waals surface area contributed by atoms with Gasteiger partial charge >= 0.3 is 0 Å². The van der Waals surface area contributed by atoms with Crippen molar-refractivity contribution in [2.24, 2.45) is 0 Å². The highest BCUT2D eigenvalue weighted by molar-refractivity contribution is 6.43. The number of likely N-dealkylation sites (N-methyl/N-ethyl adjacent to an activating group) is 1. The van der Waals surface area contributed by atoms with Crippen LogP contribution in [0.1, 0.15) is 33.0 Å². The molecule has 11 nitrogen and oxygen atoms in total. The Hall–Kier alpha value is -3.93. The molecule has 3 aromatic rings. The Labute approximate surface area is 200 Å². The monoisotopic (exact) mass is 484 g/mol. The van der Waals surface area contributed by atoms with Crippen molar-refractivity contribution in [3.8, 4) is 5.88 Å². The normalized spacial score (nSPS) is 14.6. The molecule has 3 heterocycles. The number of ether oxygens (including phenoxy) is 1. The van der Waals surface area contributed by atoms with Crippen LogP contribution in [0.2, 0.25) is 0 Å². The fraction of sp³-hybridized carbons (Fsp3) is 0.391. The summed E-state index contributed by atoms with van der Waals surface area (Å²) in [5.41, 5.74) is 0.378. The molecule has 0 N–H and O–H groups in total. The summed E-state index contributed by atoms with van der Waals surface area (Å²) in [4.78, 5) is 51.4. The van der Waals surface area contributed by atoms with Crippen LogP contribution in [0.4, 0.5) is 4.39 Å². The number of halogens is 1. The van der Waals surface area contributed by atoms with E-state index in [2.05, 4.69) is 20.0 Å². The van der Waals surface area contributed by atoms with Crippen molar-refractivity contribution in [2.75, 3.05) is 47.4 Å². The maximum absolute atomic E-state index is 13.4. The van der Waals surface area contributed by atoms with Gasteiger partial charge in [0.05, 0.1) is 7.11 Å². The molecule has 1 fully saturated rings. The number of carbonyl (C=O) groups excluding carboxylic acids is 3. The molecule has 0 aliphatic carbocycles. The summed E-state index contributed by atoms with van der Waals surface area (Å²) < 4.78 is 23.5. The van der Waals surface area contributed by atoms with E-state index in [4.69, 9.17) is 9.26 Å². The molecule has 12 heteroatoms. The van der Waals surface area contributed by atoms with E-state index in [1.54, 1.807) is 17.0 Å². The SMILES string of the molecule is COc1nc2onc(C(=O)C(=O)N(C)C)c2nc1C(=O)N1CCCN(Cc2ccc(F)cc2)CC1. The lowest BCUT2D eigenvalue weighted by Crippen LogP contribution is -2.36. The van der Waals surface area contributed by atoms with Gasteiger partial charge in [-0.1, -0.05) is 17.3 Å². The van der Waals surface area contributed by atoms with Crippen molar-refractivity contribution in [2.45, 2.75) is 13.0 Å². The number of methoxy groups -OCH3 is 1. The Balaban J connectivity index is 1.55. The molecular weight excluding hydrogens is 459 g/mol. The van der Waals surface area contributed by atoms with E-state index >= 15 is 0 Å². The second-order valence-corrected chi connectivity index (χ2v) is 8.34. The molecule has 35 heavy (non-hydrogen) atoms. The molecule has 1 aliphatic rings. The van der Waals surface area contributed by atoms with E-state index in [-0.39, 0.29) is 34.3 Å². The van der Waals surface area contributed by atoms with E-state index in [0.29, 0.717) is 26.2 Å². The Bertz CT molecular complexity index is 1260. The maximum atomic E-state index is 13.4. The second kappa shape index (κ2) is 10.1. The zero-order valence-corrected chi connectivity index (χ0v) is 19.7. The summed E-state index contributed by atoms with van der Waals surface area (Å²) in [7, 11) is 4.22. The summed E-state index contributed by atoms with van der Waals surface area (Å²) in [5, 5.41) is 3.65. The largest absolute Gasteiger partial charge is 0.479 e. The van der Waals surface area contributed by atoms with Crippen molar-refractivity contribution >= 4 is 28.8 Å². The highest BCUT2D eigenvalue weighted by Gasteiger charge is 2.31. The molecule has 1 saturated heterocycles. The lowest BCUT2D eigenvalue weighted by molar-refractivity contribution is -0.124. The molecule has 1 aromatic carbocycles. The molecule has 0 unspecified atom stereocenters. The van der Waals surface area contributed by atoms with Crippen LogP contribution >= 0.6 is 0 Å². The maximum Gasteiger partial charge on any atom is 0.296 e. The summed E-state index contributed by atoms with van der Waals surface area (Å²) >= 11 is 0. The molecule has 0 atom stereocenters. The zero-order valence-electron chi connectivity index (χ0n) is 19.7. The van der Waals surface area contributed by atoms with E-state index in [1.807, 2.05) is 0 Å². The molecule has 2 aromatic heterocycles. The van der Waals surface area contributed by atoms with Crippen LogP contribution in [0, 0.1) is 5.82 Å². The van der Waals surface area contributed by atoms with Gasteiger partial charge in [0.1, 0.15) is 5.82 Å². The number of hydrogen-bond donors (Lipinski definition) is 0. The average molecular weight is 484 g/mol. The number of aromatic nitrogens is 3. The third-order valence-corrected chi connectivity index (χ3v) is 5.69. The minimum atomic E-state index is -0.919. The molecule has 0 bridgehead atoms. The van der Waals surface area contributed by atoms with Crippen LogP contribution in [0.3, 0.4) is 0 Å². The van der Waals surface area contributed by atoms with Crippen molar-refractivity contribution in [1.29, 1.82) is 0 Å². The second-order valence-electron chi connectivity index (χ2n) is 8.34. The number of carbonyl (C=O) groups is 3. The molecule has 0 saturated carbocycles. The number of rotatable bonds is 6. The van der Waals surface area contributed by atoms with E-state index in [0.717, 1.165) is 23.4 Å². The van der Waals surface area contributed by atoms with Gasteiger partial charge in [-0.25, -0.2) is 9.37 Å². The van der Waals surface area contributed by atoms with Gasteiger partial charge in [-0.3, -0.25) is 19.3 Å². The average Bonchev–Trinajstić information content (AvgIpc) is 3.13. The van der Waals surface area contributed by atoms with Gasteiger partial charge in [0, 0.05) is 46.8 Å². The number of nitrogens with zero attached hydrogens (tertiary/aromatic N) is 6. The van der Waals surface area contributed by atoms with Crippen molar-refractivity contribution in [1.82, 2.24) is 29.8 Å². The predicted octanol–water partition coefficient (Wildman–Crippen LogP) is 1.38. The first-order valence-electron chi connectivity index (χ1n) is 11.0. The molecule has 184 valence electrons. The zero-order chi connectivity index (χ0) is 25.1. The summed E-state index contributed by atoms with van der Waals surface area (Å²) in [6.07, 6.45) is 0.721. The van der Waals surface area contributed by atoms with Gasteiger partial charge in [-0.05, 0) is 24.1 Å². The Morgan fingerprint density at radius 2 is 1.80 bits per heavy atom. The van der Waals surface area contributed by atoms with Gasteiger partial charge in [0.2, 0.25) is 5.88 Å². The first-order chi connectivity index (χ1) is 16.8. The summed E-state index contributed by atoms with van der Waals surface area (Å²) in [5.74, 6) is -2.49. The van der Waals surface area contributed by atoms with Crippen LogP contribution in [0.15, 0.2) is 28.8 Å². The van der Waals surface area contributed by atoms with Crippen LogP contribution < -0.4 is 4.74 Å². The topological polar surface area (TPSA) is 122 Å². The number of hydrogen-bond acceptors (Lipinski definition) is 9. The lowest BCUT2D eigenvalue weighted by atomic mass is 10.2. The van der Waals surface area contributed by atoms with Gasteiger partial charge in [-0.15, -0.1) is 0 Å². The molecule has 4 rings (SSSR count). The Kier molecular flexibility index (Phi) is 7.01. The number of Topliss-reactive ketones (excluding diaryl/α,β-unsaturated/α-hetero) is 1. The van der Waals surface area contributed by atoms with Crippen LogP contribution in [0.25, 0.3) is 11.2 Å². The first-order valence-corrected chi connectivity index (χ1v) is 11.0. The third-order valence-electron chi connectivity index (χ3n) is 5.69. The fourth-order valence-corrected chi connectivity index (χ4v) is 3.82. The van der Waals surface area contributed by atoms with Crippen molar-refractivity contribution in [3.05, 3.63) is 47.0 Å². The smallest absolute Gasteiger partial charge is 0.296 e. The van der Waals surface area contributed by atoms with Crippen LogP contribution in [-0.4, -0.2) is 94.8 Å². The number of fused-ring (bicyclic) bond motifs is 1. The first kappa shape index (κ1) is 24.2. The molecule has 1 aliphatic heterocycles. The van der Waals surface area contributed by atoms with Crippen molar-refractivity contribution < 1.29 is 28.0 Å². The van der Waals surface area contributed by atoms with Crippen LogP contribution in [-0.2, 0) is 11.3 Å². The third kappa shape index (κ3) is 5.11. The predicted molar refractivity (Wildman–Crippen MR) is 121 cm³/mol. The highest BCUT2D eigenvalue weighted by Crippen LogP contribution is 2.24. The van der Waals surface area contributed by atoms with Crippen molar-refractivity contribution in [3.63, 3.8) is 0 Å². The van der Waals surface area contributed by atoms with Gasteiger partial charge < -0.3 is 19.1 Å². The van der Waals surface area contributed by atoms with Crippen LogP contribution in [0.5, 0.6) is 5.88 Å². The van der Waals surface area contributed by atoms with Gasteiger partial charge in [0.25, 0.3) is 23.3 Å².